The van der Waals surface area contributed by atoms with Gasteiger partial charge in [-0.2, -0.15) is 0 Å². The first kappa shape index (κ1) is 17.4. The molecule has 1 aliphatic heterocycles. The molecular weight excluding hydrogens is 276 g/mol. The Labute approximate surface area is 114 Å². The Morgan fingerprint density at radius 2 is 1.60 bits per heavy atom. The average Bonchev–Trinajstić information content (AvgIpc) is 2.41. The second-order valence-corrected chi connectivity index (χ2v) is 4.87. The maximum absolute atomic E-state index is 11.8. The lowest BCUT2D eigenvalue weighted by molar-refractivity contribution is -0.199. The number of ether oxygens (including phenoxy) is 1. The van der Waals surface area contributed by atoms with Gasteiger partial charge in [0, 0.05) is 0 Å². The predicted molar refractivity (Wildman–Crippen MR) is 62.5 cm³/mol. The van der Waals surface area contributed by atoms with Crippen LogP contribution in [-0.2, 0) is 9.53 Å². The van der Waals surface area contributed by atoms with Gasteiger partial charge in [0.2, 0.25) is 0 Å². The molecule has 0 bridgehead atoms. The first-order valence-corrected chi connectivity index (χ1v) is 6.10. The van der Waals surface area contributed by atoms with Crippen molar-refractivity contribution in [2.45, 2.75) is 55.8 Å². The SMILES string of the molecule is C[C@H](O)[C@H](O)[C@@H](O)[C@@H](O)C(=O)C1OC[C@@H](O)[C@@H](O)[C@@H]1O. The van der Waals surface area contributed by atoms with Gasteiger partial charge < -0.3 is 40.5 Å². The maximum Gasteiger partial charge on any atom is 0.195 e. The Bertz CT molecular complexity index is 334. The highest BCUT2D eigenvalue weighted by Crippen LogP contribution is 2.19. The zero-order chi connectivity index (χ0) is 15.6. The van der Waals surface area contributed by atoms with E-state index in [4.69, 9.17) is 9.84 Å². The van der Waals surface area contributed by atoms with Gasteiger partial charge in [0.25, 0.3) is 0 Å². The van der Waals surface area contributed by atoms with E-state index >= 15 is 0 Å². The van der Waals surface area contributed by atoms with Crippen molar-refractivity contribution in [3.8, 4) is 0 Å². The third-order valence-electron chi connectivity index (χ3n) is 3.24. The molecule has 0 amide bonds. The van der Waals surface area contributed by atoms with E-state index in [2.05, 4.69) is 0 Å². The Morgan fingerprint density at radius 3 is 2.10 bits per heavy atom. The summed E-state index contributed by atoms with van der Waals surface area (Å²) in [5.74, 6) is -1.17. The molecule has 0 aromatic carbocycles. The Hall–Kier alpha value is -0.650. The molecule has 0 saturated carbocycles. The lowest BCUT2D eigenvalue weighted by atomic mass is 9.91. The first-order valence-electron chi connectivity index (χ1n) is 6.10. The van der Waals surface area contributed by atoms with E-state index in [1.165, 1.54) is 0 Å². The molecular formula is C11H20O9. The molecule has 0 aliphatic carbocycles. The van der Waals surface area contributed by atoms with Gasteiger partial charge in [0.15, 0.2) is 5.78 Å². The van der Waals surface area contributed by atoms with Crippen LogP contribution in [0, 0.1) is 0 Å². The van der Waals surface area contributed by atoms with Gasteiger partial charge in [-0.15, -0.1) is 0 Å². The van der Waals surface area contributed by atoms with Gasteiger partial charge in [-0.1, -0.05) is 0 Å². The van der Waals surface area contributed by atoms with Crippen molar-refractivity contribution >= 4 is 5.78 Å². The van der Waals surface area contributed by atoms with E-state index in [0.717, 1.165) is 6.92 Å². The number of aliphatic hydroxyl groups excluding tert-OH is 7. The van der Waals surface area contributed by atoms with Gasteiger partial charge in [0.05, 0.1) is 12.7 Å². The van der Waals surface area contributed by atoms with Crippen molar-refractivity contribution in [3.05, 3.63) is 0 Å². The van der Waals surface area contributed by atoms with Crippen LogP contribution in [0.2, 0.25) is 0 Å². The monoisotopic (exact) mass is 296 g/mol. The van der Waals surface area contributed by atoms with Crippen LogP contribution in [0.15, 0.2) is 0 Å². The summed E-state index contributed by atoms with van der Waals surface area (Å²) in [5.41, 5.74) is 0. The lowest BCUT2D eigenvalue weighted by Gasteiger charge is -2.36. The van der Waals surface area contributed by atoms with Crippen LogP contribution < -0.4 is 0 Å². The fourth-order valence-electron chi connectivity index (χ4n) is 1.87. The topological polar surface area (TPSA) is 168 Å². The number of carbonyl (C=O) groups excluding carboxylic acids is 1. The summed E-state index contributed by atoms with van der Waals surface area (Å²) in [6.07, 6.45) is -13.7. The number of carbonyl (C=O) groups is 1. The summed E-state index contributed by atoms with van der Waals surface area (Å²) in [5, 5.41) is 65.8. The van der Waals surface area contributed by atoms with Crippen LogP contribution in [0.4, 0.5) is 0 Å². The molecule has 1 unspecified atom stereocenters. The molecule has 0 aromatic rings. The molecule has 1 aliphatic rings. The molecule has 0 aromatic heterocycles. The quantitative estimate of drug-likeness (QED) is 0.264. The van der Waals surface area contributed by atoms with E-state index in [0.29, 0.717) is 0 Å². The van der Waals surface area contributed by atoms with Crippen LogP contribution in [0.3, 0.4) is 0 Å². The van der Waals surface area contributed by atoms with Gasteiger partial charge in [-0.05, 0) is 6.92 Å². The van der Waals surface area contributed by atoms with Gasteiger partial charge in [-0.25, -0.2) is 0 Å². The van der Waals surface area contributed by atoms with Crippen molar-refractivity contribution in [2.24, 2.45) is 0 Å². The van der Waals surface area contributed by atoms with Crippen LogP contribution in [0.5, 0.6) is 0 Å². The predicted octanol–water partition coefficient (Wildman–Crippen LogP) is -4.50. The standard InChI is InChI=1S/C11H20O9/c1-3(12)5(14)7(16)8(17)10(19)11-9(18)6(15)4(13)2-20-11/h3-9,11-18H,2H2,1H3/t3-,4+,5-,6+,7+,8+,9-,11?/m0/s1. The van der Waals surface area contributed by atoms with Crippen molar-refractivity contribution in [1.29, 1.82) is 0 Å². The highest BCUT2D eigenvalue weighted by Gasteiger charge is 2.45. The summed E-state index contributed by atoms with van der Waals surface area (Å²) < 4.78 is 4.82. The van der Waals surface area contributed by atoms with Crippen LogP contribution in [0.25, 0.3) is 0 Å². The van der Waals surface area contributed by atoms with Gasteiger partial charge >= 0.3 is 0 Å². The zero-order valence-electron chi connectivity index (χ0n) is 10.8. The Balaban J connectivity index is 2.74. The van der Waals surface area contributed by atoms with E-state index in [1.54, 1.807) is 0 Å². The second-order valence-electron chi connectivity index (χ2n) is 4.87. The highest BCUT2D eigenvalue weighted by atomic mass is 16.5. The number of hydrogen-bond donors (Lipinski definition) is 7. The summed E-state index contributed by atoms with van der Waals surface area (Å²) in [6, 6.07) is 0. The molecule has 1 fully saturated rings. The Morgan fingerprint density at radius 1 is 1.05 bits per heavy atom. The third-order valence-corrected chi connectivity index (χ3v) is 3.24. The maximum atomic E-state index is 11.8. The molecule has 1 rings (SSSR count). The van der Waals surface area contributed by atoms with E-state index in [9.17, 15) is 35.4 Å². The van der Waals surface area contributed by atoms with Crippen molar-refractivity contribution in [3.63, 3.8) is 0 Å². The van der Waals surface area contributed by atoms with Crippen molar-refractivity contribution in [2.75, 3.05) is 6.61 Å². The zero-order valence-corrected chi connectivity index (χ0v) is 10.8. The van der Waals surface area contributed by atoms with Crippen molar-refractivity contribution in [1.82, 2.24) is 0 Å². The normalized spacial score (nSPS) is 37.0. The van der Waals surface area contributed by atoms with E-state index in [1.807, 2.05) is 0 Å². The summed E-state index contributed by atoms with van der Waals surface area (Å²) in [7, 11) is 0. The lowest BCUT2D eigenvalue weighted by Crippen LogP contribution is -2.59. The van der Waals surface area contributed by atoms with Crippen LogP contribution in [0.1, 0.15) is 6.92 Å². The second kappa shape index (κ2) is 6.87. The molecule has 20 heavy (non-hydrogen) atoms. The molecule has 1 saturated heterocycles. The number of ketones is 1. The molecule has 0 radical (unpaired) electrons. The molecule has 118 valence electrons. The fourth-order valence-corrected chi connectivity index (χ4v) is 1.87. The number of aliphatic hydroxyl groups is 7. The van der Waals surface area contributed by atoms with E-state index in [-0.39, 0.29) is 0 Å². The van der Waals surface area contributed by atoms with E-state index < -0.39 is 61.2 Å². The first-order chi connectivity index (χ1) is 9.18. The Kier molecular flexibility index (Phi) is 5.98. The summed E-state index contributed by atoms with van der Waals surface area (Å²) in [4.78, 5) is 11.8. The minimum atomic E-state index is -2.12. The minimum Gasteiger partial charge on any atom is -0.391 e. The fraction of sp³-hybridized carbons (Fsp3) is 0.909. The molecule has 9 heteroatoms. The summed E-state index contributed by atoms with van der Waals surface area (Å²) >= 11 is 0. The largest absolute Gasteiger partial charge is 0.391 e. The molecule has 1 heterocycles. The van der Waals surface area contributed by atoms with Gasteiger partial charge in [0.1, 0.15) is 42.7 Å². The van der Waals surface area contributed by atoms with Crippen LogP contribution >= 0.6 is 0 Å². The van der Waals surface area contributed by atoms with Crippen molar-refractivity contribution < 1.29 is 45.3 Å². The van der Waals surface area contributed by atoms with Gasteiger partial charge in [-0.3, -0.25) is 4.79 Å². The molecule has 7 N–H and O–H groups in total. The third kappa shape index (κ3) is 3.51. The molecule has 0 spiro atoms. The number of hydrogen-bond acceptors (Lipinski definition) is 9. The number of rotatable bonds is 5. The number of Topliss-reactive ketones (excluding diaryl/α,β-unsaturated/α-hetero) is 1. The average molecular weight is 296 g/mol. The molecule has 9 nitrogen and oxygen atoms in total. The minimum absolute atomic E-state index is 0.434. The molecule has 8 atom stereocenters. The van der Waals surface area contributed by atoms with Crippen LogP contribution in [-0.4, -0.2) is 97.0 Å². The summed E-state index contributed by atoms with van der Waals surface area (Å²) in [6.45, 7) is 0.716. The highest BCUT2D eigenvalue weighted by molar-refractivity contribution is 5.88. The smallest absolute Gasteiger partial charge is 0.195 e.